The highest BCUT2D eigenvalue weighted by Crippen LogP contribution is 2.17. The molecule has 0 saturated heterocycles. The van der Waals surface area contributed by atoms with E-state index in [0.29, 0.717) is 10.7 Å². The van der Waals surface area contributed by atoms with Crippen LogP contribution in [0, 0.1) is 6.92 Å². The van der Waals surface area contributed by atoms with Crippen LogP contribution in [-0.2, 0) is 11.3 Å². The van der Waals surface area contributed by atoms with Crippen molar-refractivity contribution in [1.29, 1.82) is 0 Å². The van der Waals surface area contributed by atoms with Crippen molar-refractivity contribution in [3.63, 3.8) is 0 Å². The largest absolute Gasteiger partial charge is 0.477 e. The fraction of sp³-hybridized carbons (Fsp3) is 0.500. The molecule has 2 N–H and O–H groups in total. The lowest BCUT2D eigenvalue weighted by molar-refractivity contribution is -0.129. The van der Waals surface area contributed by atoms with Crippen LogP contribution in [0.15, 0.2) is 0 Å². The van der Waals surface area contributed by atoms with Gasteiger partial charge >= 0.3 is 12.0 Å². The molecular weight excluding hydrogens is 296 g/mol. The second kappa shape index (κ2) is 7.02. The number of amides is 3. The molecule has 0 aliphatic heterocycles. The van der Waals surface area contributed by atoms with E-state index >= 15 is 0 Å². The van der Waals surface area contributed by atoms with Crippen molar-refractivity contribution in [3.05, 3.63) is 15.6 Å². The van der Waals surface area contributed by atoms with Gasteiger partial charge in [-0.15, -0.1) is 11.3 Å². The van der Waals surface area contributed by atoms with Gasteiger partial charge in [0.05, 0.1) is 12.2 Å². The van der Waals surface area contributed by atoms with E-state index in [9.17, 15) is 14.4 Å². The number of aromatic nitrogens is 1. The van der Waals surface area contributed by atoms with E-state index < -0.39 is 12.0 Å². The van der Waals surface area contributed by atoms with E-state index in [4.69, 9.17) is 5.11 Å². The average Bonchev–Trinajstić information content (AvgIpc) is 2.77. The van der Waals surface area contributed by atoms with Gasteiger partial charge in [0.1, 0.15) is 16.4 Å². The number of carboxylic acid groups (broad SMARTS) is 1. The number of rotatable bonds is 5. The molecule has 0 aliphatic rings. The summed E-state index contributed by atoms with van der Waals surface area (Å²) in [7, 11) is 4.73. The number of aromatic carboxylic acids is 1. The van der Waals surface area contributed by atoms with Gasteiger partial charge in [0.15, 0.2) is 0 Å². The first kappa shape index (κ1) is 16.9. The molecule has 0 unspecified atom stereocenters. The molecule has 8 nitrogen and oxygen atoms in total. The van der Waals surface area contributed by atoms with Gasteiger partial charge in [0, 0.05) is 21.1 Å². The topological polar surface area (TPSA) is 103 Å². The molecule has 0 aromatic carbocycles. The number of likely N-dealkylation sites (N-methyl/N-ethyl adjacent to an activating group) is 2. The Morgan fingerprint density at radius 3 is 2.38 bits per heavy atom. The van der Waals surface area contributed by atoms with Crippen LogP contribution >= 0.6 is 11.3 Å². The summed E-state index contributed by atoms with van der Waals surface area (Å²) in [5.74, 6) is -1.22. The minimum absolute atomic E-state index is 0.0316. The number of nitrogens with zero attached hydrogens (tertiary/aromatic N) is 3. The number of carbonyl (C=O) groups excluding carboxylic acids is 2. The monoisotopic (exact) mass is 314 g/mol. The lowest BCUT2D eigenvalue weighted by Crippen LogP contribution is -2.42. The van der Waals surface area contributed by atoms with Crippen molar-refractivity contribution in [1.82, 2.24) is 20.1 Å². The molecule has 9 heteroatoms. The number of hydrogen-bond donors (Lipinski definition) is 2. The van der Waals surface area contributed by atoms with Crippen molar-refractivity contribution in [2.24, 2.45) is 0 Å². The van der Waals surface area contributed by atoms with Crippen LogP contribution in [0.1, 0.15) is 20.4 Å². The zero-order valence-corrected chi connectivity index (χ0v) is 13.2. The Morgan fingerprint density at radius 2 is 1.90 bits per heavy atom. The fourth-order valence-electron chi connectivity index (χ4n) is 1.43. The van der Waals surface area contributed by atoms with Crippen LogP contribution in [0.3, 0.4) is 0 Å². The van der Waals surface area contributed by atoms with Crippen LogP contribution in [0.4, 0.5) is 4.79 Å². The molecule has 0 fully saturated rings. The molecule has 3 amide bonds. The molecule has 1 aromatic heterocycles. The number of carbonyl (C=O) groups is 3. The lowest BCUT2D eigenvalue weighted by atomic mass is 10.4. The molecule has 0 radical (unpaired) electrons. The molecule has 1 rings (SSSR count). The van der Waals surface area contributed by atoms with Gasteiger partial charge in [0.25, 0.3) is 0 Å². The number of carboxylic acids is 1. The Balaban J connectivity index is 2.55. The summed E-state index contributed by atoms with van der Waals surface area (Å²) >= 11 is 1.02. The van der Waals surface area contributed by atoms with Gasteiger partial charge in [-0.2, -0.15) is 0 Å². The quantitative estimate of drug-likeness (QED) is 0.818. The number of nitrogens with one attached hydrogen (secondary N) is 1. The molecule has 0 aliphatic carbocycles. The summed E-state index contributed by atoms with van der Waals surface area (Å²) in [5, 5.41) is 12.0. The predicted molar refractivity (Wildman–Crippen MR) is 77.4 cm³/mol. The standard InChI is InChI=1S/C12H18N4O4S/c1-7-10(11(18)19)21-8(14-7)5-13-12(20)16(4)6-9(17)15(2)3/h5-6H2,1-4H3,(H,13,20)(H,18,19). The van der Waals surface area contributed by atoms with Gasteiger partial charge < -0.3 is 20.2 Å². The van der Waals surface area contributed by atoms with Crippen LogP contribution < -0.4 is 5.32 Å². The van der Waals surface area contributed by atoms with E-state index in [2.05, 4.69) is 10.3 Å². The molecular formula is C12H18N4O4S. The van der Waals surface area contributed by atoms with Crippen molar-refractivity contribution in [2.45, 2.75) is 13.5 Å². The zero-order chi connectivity index (χ0) is 16.2. The first-order valence-corrected chi connectivity index (χ1v) is 6.92. The second-order valence-electron chi connectivity index (χ2n) is 4.63. The Hall–Kier alpha value is -2.16. The van der Waals surface area contributed by atoms with Crippen molar-refractivity contribution < 1.29 is 19.5 Å². The van der Waals surface area contributed by atoms with Crippen LogP contribution in [0.2, 0.25) is 0 Å². The highest BCUT2D eigenvalue weighted by atomic mass is 32.1. The Kier molecular flexibility index (Phi) is 5.65. The van der Waals surface area contributed by atoms with E-state index in [1.54, 1.807) is 21.0 Å². The number of aryl methyl sites for hydroxylation is 1. The third-order valence-corrected chi connectivity index (χ3v) is 3.79. The number of thiazole rings is 1. The summed E-state index contributed by atoms with van der Waals surface area (Å²) in [4.78, 5) is 41.1. The maximum atomic E-state index is 11.8. The Labute approximate surface area is 126 Å². The maximum absolute atomic E-state index is 11.8. The molecule has 0 spiro atoms. The molecule has 0 atom stereocenters. The Bertz CT molecular complexity index is 555. The first-order valence-electron chi connectivity index (χ1n) is 6.11. The van der Waals surface area contributed by atoms with E-state index in [1.807, 2.05) is 0 Å². The summed E-state index contributed by atoms with van der Waals surface area (Å²) < 4.78 is 0. The van der Waals surface area contributed by atoms with Gasteiger partial charge in [-0.05, 0) is 6.92 Å². The van der Waals surface area contributed by atoms with E-state index in [-0.39, 0.29) is 23.9 Å². The fourth-order valence-corrected chi connectivity index (χ4v) is 2.27. The average molecular weight is 314 g/mol. The van der Waals surface area contributed by atoms with E-state index in [0.717, 1.165) is 11.3 Å². The smallest absolute Gasteiger partial charge is 0.347 e. The molecule has 0 bridgehead atoms. The minimum atomic E-state index is -1.03. The molecule has 21 heavy (non-hydrogen) atoms. The maximum Gasteiger partial charge on any atom is 0.347 e. The third-order valence-electron chi connectivity index (χ3n) is 2.64. The third kappa shape index (κ3) is 4.71. The highest BCUT2D eigenvalue weighted by Gasteiger charge is 2.16. The normalized spacial score (nSPS) is 10.1. The predicted octanol–water partition coefficient (Wildman–Crippen LogP) is 0.379. The summed E-state index contributed by atoms with van der Waals surface area (Å²) in [6.07, 6.45) is 0. The minimum Gasteiger partial charge on any atom is -0.477 e. The van der Waals surface area contributed by atoms with Crippen LogP contribution in [-0.4, -0.2) is 65.5 Å². The number of urea groups is 1. The highest BCUT2D eigenvalue weighted by molar-refractivity contribution is 7.13. The van der Waals surface area contributed by atoms with Gasteiger partial charge in [-0.1, -0.05) is 0 Å². The van der Waals surface area contributed by atoms with Gasteiger partial charge in [-0.25, -0.2) is 14.6 Å². The second-order valence-corrected chi connectivity index (χ2v) is 5.71. The van der Waals surface area contributed by atoms with Crippen molar-refractivity contribution in [3.8, 4) is 0 Å². The molecule has 116 valence electrons. The SMILES string of the molecule is Cc1nc(CNC(=O)N(C)CC(=O)N(C)C)sc1C(=O)O. The zero-order valence-electron chi connectivity index (χ0n) is 12.3. The molecule has 0 saturated carbocycles. The summed E-state index contributed by atoms with van der Waals surface area (Å²) in [6, 6.07) is -0.421. The Morgan fingerprint density at radius 1 is 1.29 bits per heavy atom. The van der Waals surface area contributed by atoms with Gasteiger partial charge in [-0.3, -0.25) is 4.79 Å². The van der Waals surface area contributed by atoms with Crippen LogP contribution in [0.5, 0.6) is 0 Å². The summed E-state index contributed by atoms with van der Waals surface area (Å²) in [6.45, 7) is 1.70. The molecule has 1 heterocycles. The van der Waals surface area contributed by atoms with Crippen LogP contribution in [0.25, 0.3) is 0 Å². The summed E-state index contributed by atoms with van der Waals surface area (Å²) in [5.41, 5.74) is 0.424. The van der Waals surface area contributed by atoms with E-state index in [1.165, 1.54) is 16.8 Å². The molecule has 1 aromatic rings. The van der Waals surface area contributed by atoms with Crippen molar-refractivity contribution in [2.75, 3.05) is 27.7 Å². The van der Waals surface area contributed by atoms with Gasteiger partial charge in [0.2, 0.25) is 5.91 Å². The first-order chi connectivity index (χ1) is 9.72. The number of hydrogen-bond acceptors (Lipinski definition) is 5. The van der Waals surface area contributed by atoms with Crippen molar-refractivity contribution >= 4 is 29.2 Å². The lowest BCUT2D eigenvalue weighted by Gasteiger charge is -2.19.